The molecule has 1 aromatic heterocycles. The number of aryl methyl sites for hydroxylation is 2. The maximum atomic E-state index is 13.5. The number of benzene rings is 2. The van der Waals surface area contributed by atoms with Gasteiger partial charge in [-0.2, -0.15) is 0 Å². The van der Waals surface area contributed by atoms with E-state index in [0.717, 1.165) is 11.1 Å². The van der Waals surface area contributed by atoms with Gasteiger partial charge in [0.15, 0.2) is 5.11 Å². The lowest BCUT2D eigenvalue weighted by Crippen LogP contribution is -2.54. The van der Waals surface area contributed by atoms with E-state index in [1.54, 1.807) is 24.3 Å². The van der Waals surface area contributed by atoms with Gasteiger partial charge in [-0.3, -0.25) is 19.8 Å². The van der Waals surface area contributed by atoms with E-state index in [1.165, 1.54) is 23.1 Å². The zero-order valence-electron chi connectivity index (χ0n) is 16.2. The maximum absolute atomic E-state index is 13.5. The van der Waals surface area contributed by atoms with Crippen molar-refractivity contribution >= 4 is 40.9 Å². The van der Waals surface area contributed by atoms with Crippen molar-refractivity contribution in [2.75, 3.05) is 4.90 Å². The van der Waals surface area contributed by atoms with Crippen LogP contribution in [0.3, 0.4) is 0 Å². The van der Waals surface area contributed by atoms with Gasteiger partial charge in [-0.1, -0.05) is 18.2 Å². The van der Waals surface area contributed by atoms with Crippen LogP contribution in [0.2, 0.25) is 0 Å². The topological polar surface area (TPSA) is 62.6 Å². The molecule has 0 saturated carbocycles. The third kappa shape index (κ3) is 3.79. The van der Waals surface area contributed by atoms with E-state index in [0.29, 0.717) is 22.8 Å². The van der Waals surface area contributed by atoms with Crippen LogP contribution in [0.1, 0.15) is 16.9 Å². The molecule has 0 unspecified atom stereocenters. The molecule has 0 radical (unpaired) electrons. The first kappa shape index (κ1) is 19.7. The molecule has 30 heavy (non-hydrogen) atoms. The van der Waals surface area contributed by atoms with Crippen molar-refractivity contribution in [2.45, 2.75) is 13.8 Å². The van der Waals surface area contributed by atoms with Gasteiger partial charge in [-0.05, 0) is 79.7 Å². The van der Waals surface area contributed by atoms with E-state index in [-0.39, 0.29) is 16.5 Å². The molecule has 4 rings (SSSR count). The average Bonchev–Trinajstić information content (AvgIpc) is 3.13. The van der Waals surface area contributed by atoms with Crippen molar-refractivity contribution in [1.82, 2.24) is 5.32 Å². The number of carbonyl (C=O) groups is 2. The number of halogens is 1. The molecule has 1 saturated heterocycles. The van der Waals surface area contributed by atoms with Crippen molar-refractivity contribution in [3.63, 3.8) is 0 Å². The number of carbonyl (C=O) groups excluding carboxylic acids is 2. The number of rotatable bonds is 3. The summed E-state index contributed by atoms with van der Waals surface area (Å²) in [6.07, 6.45) is 1.36. The number of furan rings is 1. The van der Waals surface area contributed by atoms with Gasteiger partial charge in [-0.25, -0.2) is 4.39 Å². The maximum Gasteiger partial charge on any atom is 0.270 e. The fourth-order valence-corrected chi connectivity index (χ4v) is 3.62. The van der Waals surface area contributed by atoms with Gasteiger partial charge in [0.25, 0.3) is 11.8 Å². The highest BCUT2D eigenvalue weighted by Crippen LogP contribution is 2.27. The second-order valence-corrected chi connectivity index (χ2v) is 7.40. The van der Waals surface area contributed by atoms with Gasteiger partial charge in [0.1, 0.15) is 22.9 Å². The molecular formula is C23H17FN2O3S. The molecular weight excluding hydrogens is 403 g/mol. The van der Waals surface area contributed by atoms with Gasteiger partial charge < -0.3 is 4.42 Å². The number of amides is 2. The number of hydrogen-bond donors (Lipinski definition) is 1. The third-order valence-corrected chi connectivity index (χ3v) is 4.87. The molecule has 0 spiro atoms. The number of hydrogen-bond acceptors (Lipinski definition) is 4. The average molecular weight is 420 g/mol. The summed E-state index contributed by atoms with van der Waals surface area (Å²) in [5, 5.41) is 2.57. The minimum atomic E-state index is -0.602. The summed E-state index contributed by atoms with van der Waals surface area (Å²) >= 11 is 5.23. The Bertz CT molecular complexity index is 1210. The minimum Gasteiger partial charge on any atom is -0.457 e. The van der Waals surface area contributed by atoms with Gasteiger partial charge in [0, 0.05) is 5.56 Å². The van der Waals surface area contributed by atoms with E-state index < -0.39 is 11.8 Å². The predicted molar refractivity (Wildman–Crippen MR) is 116 cm³/mol. The number of nitrogens with one attached hydrogen (secondary N) is 1. The number of thiocarbonyl (C=S) groups is 1. The Kier molecular flexibility index (Phi) is 5.05. The van der Waals surface area contributed by atoms with Crippen LogP contribution < -0.4 is 10.2 Å². The monoisotopic (exact) mass is 420 g/mol. The molecule has 0 bridgehead atoms. The fraction of sp³-hybridized carbons (Fsp3) is 0.0870. The van der Waals surface area contributed by atoms with E-state index >= 15 is 0 Å². The lowest BCUT2D eigenvalue weighted by Gasteiger charge is -2.29. The van der Waals surface area contributed by atoms with E-state index in [9.17, 15) is 14.0 Å². The molecule has 3 aromatic rings. The highest BCUT2D eigenvalue weighted by atomic mass is 32.1. The molecule has 1 aliphatic heterocycles. The molecule has 2 heterocycles. The second-order valence-electron chi connectivity index (χ2n) is 7.02. The Balaban J connectivity index is 1.69. The summed E-state index contributed by atoms with van der Waals surface area (Å²) in [6, 6.07) is 14.8. The van der Waals surface area contributed by atoms with Crippen LogP contribution in [-0.2, 0) is 9.59 Å². The van der Waals surface area contributed by atoms with Crippen LogP contribution in [0, 0.1) is 19.7 Å². The van der Waals surface area contributed by atoms with E-state index in [2.05, 4.69) is 5.32 Å². The Morgan fingerprint density at radius 2 is 1.77 bits per heavy atom. The summed E-state index contributed by atoms with van der Waals surface area (Å²) in [6.45, 7) is 3.83. The Morgan fingerprint density at radius 1 is 1.03 bits per heavy atom. The van der Waals surface area contributed by atoms with Gasteiger partial charge >= 0.3 is 0 Å². The molecule has 5 nitrogen and oxygen atoms in total. The van der Waals surface area contributed by atoms with Gasteiger partial charge in [0.2, 0.25) is 0 Å². The zero-order valence-corrected chi connectivity index (χ0v) is 17.0. The third-order valence-electron chi connectivity index (χ3n) is 4.59. The van der Waals surface area contributed by atoms with Crippen molar-refractivity contribution in [1.29, 1.82) is 0 Å². The highest BCUT2D eigenvalue weighted by molar-refractivity contribution is 7.80. The SMILES string of the molecule is Cc1cc(C)cc(N2C(=O)/C(=C/c3ccc(-c4cccc(F)c4)o3)C(=O)NC2=S)c1. The predicted octanol–water partition coefficient (Wildman–Crippen LogP) is 4.53. The van der Waals surface area contributed by atoms with Crippen LogP contribution in [-0.4, -0.2) is 16.9 Å². The van der Waals surface area contributed by atoms with Crippen LogP contribution in [0.25, 0.3) is 17.4 Å². The van der Waals surface area contributed by atoms with Crippen LogP contribution in [0.5, 0.6) is 0 Å². The number of anilines is 1. The van der Waals surface area contributed by atoms with E-state index in [1.807, 2.05) is 32.0 Å². The Morgan fingerprint density at radius 3 is 2.47 bits per heavy atom. The van der Waals surface area contributed by atoms with Crippen molar-refractivity contribution in [3.8, 4) is 11.3 Å². The first-order valence-electron chi connectivity index (χ1n) is 9.17. The van der Waals surface area contributed by atoms with Gasteiger partial charge in [0.05, 0.1) is 5.69 Å². The molecule has 2 amide bonds. The minimum absolute atomic E-state index is 0.0204. The molecule has 1 aliphatic rings. The van der Waals surface area contributed by atoms with Crippen molar-refractivity contribution in [3.05, 3.63) is 82.9 Å². The molecule has 1 fully saturated rings. The smallest absolute Gasteiger partial charge is 0.270 e. The number of nitrogens with zero attached hydrogens (tertiary/aromatic N) is 1. The Labute approximate surface area is 177 Å². The van der Waals surface area contributed by atoms with Gasteiger partial charge in [-0.15, -0.1) is 0 Å². The molecule has 0 aliphatic carbocycles. The fourth-order valence-electron chi connectivity index (χ4n) is 3.34. The summed E-state index contributed by atoms with van der Waals surface area (Å²) in [7, 11) is 0. The van der Waals surface area contributed by atoms with Crippen LogP contribution in [0.15, 0.2) is 64.6 Å². The normalized spacial score (nSPS) is 15.6. The largest absolute Gasteiger partial charge is 0.457 e. The summed E-state index contributed by atoms with van der Waals surface area (Å²) in [5.74, 6) is -0.817. The lowest BCUT2D eigenvalue weighted by molar-refractivity contribution is -0.122. The molecule has 7 heteroatoms. The van der Waals surface area contributed by atoms with E-state index in [4.69, 9.17) is 16.6 Å². The first-order valence-corrected chi connectivity index (χ1v) is 9.58. The zero-order chi connectivity index (χ0) is 21.4. The van der Waals surface area contributed by atoms with Crippen LogP contribution >= 0.6 is 12.2 Å². The summed E-state index contributed by atoms with van der Waals surface area (Å²) in [4.78, 5) is 26.8. The molecule has 150 valence electrons. The van der Waals surface area contributed by atoms with Crippen molar-refractivity contribution < 1.29 is 18.4 Å². The highest BCUT2D eigenvalue weighted by Gasteiger charge is 2.34. The lowest BCUT2D eigenvalue weighted by atomic mass is 10.1. The standard InChI is InChI=1S/C23H17FN2O3S/c1-13-8-14(2)10-17(9-13)26-22(28)19(21(27)25-23(26)30)12-18-6-7-20(29-18)15-4-3-5-16(24)11-15/h3-12H,1-2H3,(H,25,27,30)/b19-12+. The quantitative estimate of drug-likeness (QED) is 0.384. The summed E-state index contributed by atoms with van der Waals surface area (Å²) < 4.78 is 19.2. The molecule has 1 N–H and O–H groups in total. The van der Waals surface area contributed by atoms with Crippen molar-refractivity contribution in [2.24, 2.45) is 0 Å². The van der Waals surface area contributed by atoms with Crippen LogP contribution in [0.4, 0.5) is 10.1 Å². The first-order chi connectivity index (χ1) is 14.3. The summed E-state index contributed by atoms with van der Waals surface area (Å²) in [5.41, 5.74) is 2.95. The molecule has 2 aromatic carbocycles. The molecule has 0 atom stereocenters. The Hall–Kier alpha value is -3.58. The second kappa shape index (κ2) is 7.68.